The minimum Gasteiger partial charge on any atom is -0.404 e. The van der Waals surface area contributed by atoms with Crippen LogP contribution >= 0.6 is 0 Å². The Hall–Kier alpha value is -3.50. The number of carbonyl (C=O) groups excluding carboxylic acids is 1. The molecular weight excluding hydrogens is 677 g/mol. The number of β-amino-alcohol motifs (C(OH)–C–C–N with tert-alkyl or cyclic N) is 1. The standard InChI is InChI=1S/C44H62N4O4Si/c1-33(2)47-38-21-15-16-22-39(38)48(41(47)50)40(49)46(42(3,4)5)31-34-25-29-45(30-26-34)32-44(51)27-23-35(24-28-44)52-53(43(6,7)8,36-17-11-9-12-18-36)37-19-13-10-14-20-37/h9-22,33-35,51H,23-32H2,1-8H3. The SMILES string of the molecule is CC(C)n1c(=O)n(C(=O)N(CC2CCN(CC3(O)CCC(O[Si](c4ccccc4)(c4ccccc4)C(C)(C)C)CC3)CC2)C(C)(C)C)c2ccccc21. The number of amides is 1. The van der Waals surface area contributed by atoms with Crippen molar-refractivity contribution in [3.63, 3.8) is 0 Å². The van der Waals surface area contributed by atoms with E-state index in [1.807, 2.05) is 43.0 Å². The Kier molecular flexibility index (Phi) is 11.3. The molecule has 2 heterocycles. The number of imidazole rings is 1. The molecule has 3 aromatic carbocycles. The number of piperidine rings is 1. The molecule has 2 fully saturated rings. The van der Waals surface area contributed by atoms with E-state index >= 15 is 0 Å². The highest BCUT2D eigenvalue weighted by molar-refractivity contribution is 6.99. The number of likely N-dealkylation sites (tertiary alicyclic amines) is 1. The van der Waals surface area contributed by atoms with Gasteiger partial charge in [-0.1, -0.05) is 93.6 Å². The molecule has 4 aromatic rings. The predicted octanol–water partition coefficient (Wildman–Crippen LogP) is 7.41. The fraction of sp³-hybridized carbons (Fsp3) is 0.545. The second-order valence-electron chi connectivity index (χ2n) is 18.1. The number of hydrogen-bond donors (Lipinski definition) is 1. The molecular formula is C44H62N4O4Si. The number of nitrogens with zero attached hydrogens (tertiary/aromatic N) is 4. The molecule has 1 saturated heterocycles. The molecule has 1 saturated carbocycles. The van der Waals surface area contributed by atoms with Gasteiger partial charge >= 0.3 is 11.7 Å². The Morgan fingerprint density at radius 3 is 1.83 bits per heavy atom. The van der Waals surface area contributed by atoms with Crippen molar-refractivity contribution in [1.29, 1.82) is 0 Å². The number of benzene rings is 3. The van der Waals surface area contributed by atoms with Crippen LogP contribution in [-0.2, 0) is 4.43 Å². The second kappa shape index (κ2) is 15.3. The fourth-order valence-corrected chi connectivity index (χ4v) is 13.7. The lowest BCUT2D eigenvalue weighted by Crippen LogP contribution is -2.68. The predicted molar refractivity (Wildman–Crippen MR) is 219 cm³/mol. The monoisotopic (exact) mass is 738 g/mol. The Labute approximate surface area is 317 Å². The zero-order valence-electron chi connectivity index (χ0n) is 33.3. The van der Waals surface area contributed by atoms with Gasteiger partial charge in [-0.2, -0.15) is 0 Å². The summed E-state index contributed by atoms with van der Waals surface area (Å²) in [5.74, 6) is 0.314. The average molecular weight is 739 g/mol. The van der Waals surface area contributed by atoms with E-state index in [1.165, 1.54) is 14.9 Å². The van der Waals surface area contributed by atoms with Gasteiger partial charge in [0, 0.05) is 30.8 Å². The molecule has 1 amide bonds. The molecule has 0 unspecified atom stereocenters. The van der Waals surface area contributed by atoms with E-state index in [4.69, 9.17) is 4.43 Å². The van der Waals surface area contributed by atoms with Crippen molar-refractivity contribution in [2.45, 2.75) is 122 Å². The first-order valence-electron chi connectivity index (χ1n) is 19.8. The lowest BCUT2D eigenvalue weighted by molar-refractivity contribution is -0.0551. The van der Waals surface area contributed by atoms with Crippen molar-refractivity contribution < 1.29 is 14.3 Å². The second-order valence-corrected chi connectivity index (χ2v) is 22.3. The summed E-state index contributed by atoms with van der Waals surface area (Å²) in [6.07, 6.45) is 5.10. The van der Waals surface area contributed by atoms with E-state index in [-0.39, 0.29) is 28.9 Å². The van der Waals surface area contributed by atoms with Crippen LogP contribution in [0.5, 0.6) is 0 Å². The molecule has 1 N–H and O–H groups in total. The van der Waals surface area contributed by atoms with Crippen LogP contribution in [0.25, 0.3) is 11.0 Å². The number of rotatable bonds is 9. The number of fused-ring (bicyclic) bond motifs is 1. The Bertz CT molecular complexity index is 1850. The van der Waals surface area contributed by atoms with Crippen molar-refractivity contribution in [2.24, 2.45) is 5.92 Å². The van der Waals surface area contributed by atoms with Gasteiger partial charge in [0.1, 0.15) is 0 Å². The topological polar surface area (TPSA) is 79.9 Å². The van der Waals surface area contributed by atoms with Gasteiger partial charge in [-0.3, -0.25) is 4.57 Å². The van der Waals surface area contributed by atoms with E-state index in [9.17, 15) is 14.7 Å². The number of para-hydroxylation sites is 2. The largest absolute Gasteiger partial charge is 0.404 e. The minimum atomic E-state index is -2.65. The molecule has 2 aliphatic rings. The van der Waals surface area contributed by atoms with E-state index in [2.05, 4.69) is 107 Å². The Morgan fingerprint density at radius 1 is 0.830 bits per heavy atom. The maximum Gasteiger partial charge on any atom is 0.337 e. The summed E-state index contributed by atoms with van der Waals surface area (Å²) in [5.41, 5.74) is -0.0453. The zero-order valence-corrected chi connectivity index (χ0v) is 34.3. The maximum absolute atomic E-state index is 14.3. The highest BCUT2D eigenvalue weighted by atomic mass is 28.4. The van der Waals surface area contributed by atoms with Crippen molar-refractivity contribution >= 4 is 35.8 Å². The van der Waals surface area contributed by atoms with Crippen LogP contribution in [-0.4, -0.2) is 81.8 Å². The van der Waals surface area contributed by atoms with Gasteiger partial charge in [0.2, 0.25) is 0 Å². The summed E-state index contributed by atoms with van der Waals surface area (Å²) in [7, 11) is -2.65. The van der Waals surface area contributed by atoms with Crippen LogP contribution in [0.1, 0.15) is 100.0 Å². The van der Waals surface area contributed by atoms with Crippen molar-refractivity contribution in [1.82, 2.24) is 18.9 Å². The molecule has 0 spiro atoms. The smallest absolute Gasteiger partial charge is 0.337 e. The lowest BCUT2D eigenvalue weighted by atomic mass is 9.82. The van der Waals surface area contributed by atoms with Gasteiger partial charge in [0.15, 0.2) is 0 Å². The highest BCUT2D eigenvalue weighted by Crippen LogP contribution is 2.41. The number of hydrogen-bond acceptors (Lipinski definition) is 5. The first-order valence-corrected chi connectivity index (χ1v) is 21.7. The summed E-state index contributed by atoms with van der Waals surface area (Å²) in [5, 5.41) is 14.4. The van der Waals surface area contributed by atoms with E-state index < -0.39 is 19.5 Å². The minimum absolute atomic E-state index is 0.0614. The lowest BCUT2D eigenvalue weighted by Gasteiger charge is -2.48. The molecule has 1 aliphatic carbocycles. The molecule has 9 heteroatoms. The third kappa shape index (κ3) is 8.00. The number of aromatic nitrogens is 2. The van der Waals surface area contributed by atoms with Crippen LogP contribution in [0.15, 0.2) is 89.7 Å². The van der Waals surface area contributed by atoms with E-state index in [1.54, 1.807) is 4.57 Å². The maximum atomic E-state index is 14.3. The Morgan fingerprint density at radius 2 is 1.34 bits per heavy atom. The molecule has 0 radical (unpaired) electrons. The molecule has 0 atom stereocenters. The summed E-state index contributed by atoms with van der Waals surface area (Å²) in [6.45, 7) is 20.1. The van der Waals surface area contributed by atoms with Gasteiger partial charge in [0.25, 0.3) is 8.32 Å². The first kappa shape index (κ1) is 39.2. The number of aliphatic hydroxyl groups is 1. The highest BCUT2D eigenvalue weighted by Gasteiger charge is 2.52. The molecule has 6 rings (SSSR count). The van der Waals surface area contributed by atoms with Crippen LogP contribution in [0.4, 0.5) is 4.79 Å². The summed E-state index contributed by atoms with van der Waals surface area (Å²) >= 11 is 0. The van der Waals surface area contributed by atoms with Crippen molar-refractivity contribution in [2.75, 3.05) is 26.2 Å². The van der Waals surface area contributed by atoms with E-state index in [0.717, 1.165) is 57.1 Å². The summed E-state index contributed by atoms with van der Waals surface area (Å²) in [4.78, 5) is 32.2. The van der Waals surface area contributed by atoms with E-state index in [0.29, 0.717) is 24.5 Å². The van der Waals surface area contributed by atoms with Crippen LogP contribution in [0.3, 0.4) is 0 Å². The third-order valence-corrected chi connectivity index (χ3v) is 16.9. The first-order chi connectivity index (χ1) is 25.0. The average Bonchev–Trinajstić information content (AvgIpc) is 3.42. The van der Waals surface area contributed by atoms with Crippen molar-refractivity contribution in [3.8, 4) is 0 Å². The summed E-state index contributed by atoms with van der Waals surface area (Å²) < 4.78 is 10.5. The van der Waals surface area contributed by atoms with Crippen LogP contribution < -0.4 is 16.1 Å². The van der Waals surface area contributed by atoms with Crippen molar-refractivity contribution in [3.05, 3.63) is 95.4 Å². The molecule has 1 aromatic heterocycles. The number of carbonyl (C=O) groups is 1. The van der Waals surface area contributed by atoms with Gasteiger partial charge < -0.3 is 19.3 Å². The molecule has 1 aliphatic heterocycles. The fourth-order valence-electron chi connectivity index (χ4n) is 8.96. The Balaban J connectivity index is 1.09. The molecule has 8 nitrogen and oxygen atoms in total. The molecule has 53 heavy (non-hydrogen) atoms. The third-order valence-electron chi connectivity index (χ3n) is 11.8. The molecule has 286 valence electrons. The normalized spacial score (nSPS) is 21.0. The van der Waals surface area contributed by atoms with Gasteiger partial charge in [-0.15, -0.1) is 0 Å². The van der Waals surface area contributed by atoms with Crippen LogP contribution in [0, 0.1) is 5.92 Å². The van der Waals surface area contributed by atoms with Gasteiger partial charge in [-0.05, 0) is 120 Å². The van der Waals surface area contributed by atoms with Gasteiger partial charge in [0.05, 0.1) is 16.6 Å². The quantitative estimate of drug-likeness (QED) is 0.181. The molecule has 0 bridgehead atoms. The zero-order chi connectivity index (χ0) is 38.2. The van der Waals surface area contributed by atoms with Gasteiger partial charge in [-0.25, -0.2) is 14.2 Å². The summed E-state index contributed by atoms with van der Waals surface area (Å²) in [6, 6.07) is 28.9. The van der Waals surface area contributed by atoms with Crippen LogP contribution in [0.2, 0.25) is 5.04 Å².